The Morgan fingerprint density at radius 3 is 2.50 bits per heavy atom. The fraction of sp³-hybridized carbons (Fsp3) is 0.556. The topological polar surface area (TPSA) is 76.7 Å². The van der Waals surface area contributed by atoms with E-state index in [1.54, 1.807) is 0 Å². The van der Waals surface area contributed by atoms with Crippen LogP contribution in [-0.4, -0.2) is 24.6 Å². The second-order valence-corrected chi connectivity index (χ2v) is 6.79. The largest absolute Gasteiger partial charge is 0.454 e. The second-order valence-electron chi connectivity index (χ2n) is 6.79. The highest BCUT2D eigenvalue weighted by atomic mass is 16.7. The maximum atomic E-state index is 12.4. The number of carbonyl (C=O) groups excluding carboxylic acids is 2. The predicted octanol–water partition coefficient (Wildman–Crippen LogP) is 2.22. The number of hydrogen-bond acceptors (Lipinski definition) is 4. The summed E-state index contributed by atoms with van der Waals surface area (Å²) in [5.74, 6) is 1.40. The molecule has 1 aromatic rings. The zero-order valence-electron chi connectivity index (χ0n) is 14.7. The van der Waals surface area contributed by atoms with Gasteiger partial charge >= 0.3 is 0 Å². The van der Waals surface area contributed by atoms with Crippen molar-refractivity contribution < 1.29 is 19.1 Å². The van der Waals surface area contributed by atoms with E-state index < -0.39 is 6.04 Å². The molecule has 2 N–H and O–H groups in total. The average molecular weight is 334 g/mol. The molecule has 2 amide bonds. The van der Waals surface area contributed by atoms with Crippen LogP contribution in [0, 0.1) is 11.8 Å². The van der Waals surface area contributed by atoms with Gasteiger partial charge in [-0.05, 0) is 29.5 Å². The molecule has 0 saturated heterocycles. The molecule has 0 spiro atoms. The molecule has 132 valence electrons. The van der Waals surface area contributed by atoms with Gasteiger partial charge in [-0.15, -0.1) is 0 Å². The van der Waals surface area contributed by atoms with E-state index in [2.05, 4.69) is 10.6 Å². The summed E-state index contributed by atoms with van der Waals surface area (Å²) in [6, 6.07) is 5.03. The molecule has 0 bridgehead atoms. The zero-order valence-corrected chi connectivity index (χ0v) is 14.7. The lowest BCUT2D eigenvalue weighted by atomic mass is 10.0. The summed E-state index contributed by atoms with van der Waals surface area (Å²) in [4.78, 5) is 24.4. The summed E-state index contributed by atoms with van der Waals surface area (Å²) in [5.41, 5.74) is 0.920. The molecule has 1 aliphatic rings. The molecule has 0 saturated carbocycles. The van der Waals surface area contributed by atoms with Crippen LogP contribution in [0.3, 0.4) is 0 Å². The van der Waals surface area contributed by atoms with Crippen molar-refractivity contribution in [3.8, 4) is 11.5 Å². The molecule has 0 fully saturated rings. The lowest BCUT2D eigenvalue weighted by Gasteiger charge is -2.22. The zero-order chi connectivity index (χ0) is 17.7. The number of carbonyl (C=O) groups is 2. The maximum absolute atomic E-state index is 12.4. The second kappa shape index (κ2) is 8.04. The van der Waals surface area contributed by atoms with E-state index in [1.165, 1.54) is 0 Å². The summed E-state index contributed by atoms with van der Waals surface area (Å²) in [6.45, 7) is 8.38. The number of benzene rings is 1. The molecule has 0 unspecified atom stereocenters. The molecule has 1 aromatic carbocycles. The Morgan fingerprint density at radius 1 is 1.12 bits per heavy atom. The Balaban J connectivity index is 1.91. The summed E-state index contributed by atoms with van der Waals surface area (Å²) in [6.07, 6.45) is 0.415. The third-order valence-electron chi connectivity index (χ3n) is 3.76. The van der Waals surface area contributed by atoms with Gasteiger partial charge in [0.15, 0.2) is 11.5 Å². The van der Waals surface area contributed by atoms with Crippen LogP contribution in [0.5, 0.6) is 11.5 Å². The van der Waals surface area contributed by atoms with Crippen LogP contribution >= 0.6 is 0 Å². The van der Waals surface area contributed by atoms with Crippen molar-refractivity contribution in [2.75, 3.05) is 6.79 Å². The van der Waals surface area contributed by atoms with E-state index in [4.69, 9.17) is 9.47 Å². The predicted molar refractivity (Wildman–Crippen MR) is 90.6 cm³/mol. The normalized spacial score (nSPS) is 13.9. The Morgan fingerprint density at radius 2 is 1.83 bits per heavy atom. The molecule has 1 heterocycles. The molecule has 1 aliphatic heterocycles. The number of nitrogens with one attached hydrogen (secondary N) is 2. The lowest BCUT2D eigenvalue weighted by Crippen LogP contribution is -2.49. The highest BCUT2D eigenvalue weighted by Gasteiger charge is 2.24. The fourth-order valence-corrected chi connectivity index (χ4v) is 2.49. The first-order valence-electron chi connectivity index (χ1n) is 8.32. The first-order chi connectivity index (χ1) is 11.4. The first-order valence-corrected chi connectivity index (χ1v) is 8.32. The molecule has 1 atom stereocenters. The number of fused-ring (bicyclic) bond motifs is 1. The van der Waals surface area contributed by atoms with Crippen LogP contribution in [0.2, 0.25) is 0 Å². The first kappa shape index (κ1) is 18.1. The summed E-state index contributed by atoms with van der Waals surface area (Å²) >= 11 is 0. The van der Waals surface area contributed by atoms with Crippen LogP contribution in [0.15, 0.2) is 18.2 Å². The molecule has 6 heteroatoms. The van der Waals surface area contributed by atoms with Gasteiger partial charge in [0.05, 0.1) is 0 Å². The Kier molecular flexibility index (Phi) is 6.06. The van der Waals surface area contributed by atoms with Crippen LogP contribution in [0.4, 0.5) is 0 Å². The van der Waals surface area contributed by atoms with Gasteiger partial charge in [-0.2, -0.15) is 0 Å². The molecule has 24 heavy (non-hydrogen) atoms. The van der Waals surface area contributed by atoms with Crippen molar-refractivity contribution in [1.29, 1.82) is 0 Å². The van der Waals surface area contributed by atoms with Crippen LogP contribution in [0.1, 0.15) is 39.7 Å². The molecule has 0 aliphatic carbocycles. The van der Waals surface area contributed by atoms with Crippen LogP contribution in [0.25, 0.3) is 0 Å². The smallest absolute Gasteiger partial charge is 0.243 e. The van der Waals surface area contributed by atoms with Crippen molar-refractivity contribution in [3.05, 3.63) is 23.8 Å². The number of rotatable bonds is 7. The highest BCUT2D eigenvalue weighted by molar-refractivity contribution is 5.87. The van der Waals surface area contributed by atoms with Crippen molar-refractivity contribution in [2.24, 2.45) is 11.8 Å². The number of amides is 2. The lowest BCUT2D eigenvalue weighted by molar-refractivity contribution is -0.130. The molecular weight excluding hydrogens is 308 g/mol. The van der Waals surface area contributed by atoms with Crippen LogP contribution < -0.4 is 20.1 Å². The van der Waals surface area contributed by atoms with Gasteiger partial charge in [-0.3, -0.25) is 9.59 Å². The van der Waals surface area contributed by atoms with Crippen molar-refractivity contribution in [1.82, 2.24) is 10.6 Å². The highest BCUT2D eigenvalue weighted by Crippen LogP contribution is 2.32. The standard InChI is InChI=1S/C18H26N2O4/c1-11(2)7-16(21)20-17(12(3)4)18(22)19-9-13-5-6-14-15(8-13)24-10-23-14/h5-6,8,11-12,17H,7,9-10H2,1-4H3,(H,19,22)(H,20,21)/t17-/m1/s1. The fourth-order valence-electron chi connectivity index (χ4n) is 2.49. The van der Waals surface area contributed by atoms with E-state index >= 15 is 0 Å². The molecule has 0 radical (unpaired) electrons. The summed E-state index contributed by atoms with van der Waals surface area (Å²) in [7, 11) is 0. The van der Waals surface area contributed by atoms with Gasteiger partial charge in [-0.1, -0.05) is 33.8 Å². The molecule has 2 rings (SSSR count). The van der Waals surface area contributed by atoms with Gasteiger partial charge < -0.3 is 20.1 Å². The summed E-state index contributed by atoms with van der Waals surface area (Å²) in [5, 5.41) is 5.71. The third-order valence-corrected chi connectivity index (χ3v) is 3.76. The van der Waals surface area contributed by atoms with E-state index in [0.29, 0.717) is 24.5 Å². The number of ether oxygens (including phenoxy) is 2. The Labute approximate surface area is 142 Å². The third kappa shape index (κ3) is 4.88. The van der Waals surface area contributed by atoms with E-state index in [-0.39, 0.29) is 30.4 Å². The average Bonchev–Trinajstić information content (AvgIpc) is 2.96. The maximum Gasteiger partial charge on any atom is 0.243 e. The quantitative estimate of drug-likeness (QED) is 0.801. The minimum atomic E-state index is -0.537. The van der Waals surface area contributed by atoms with Crippen molar-refractivity contribution in [2.45, 2.75) is 46.7 Å². The number of hydrogen-bond donors (Lipinski definition) is 2. The van der Waals surface area contributed by atoms with E-state index in [1.807, 2.05) is 45.9 Å². The van der Waals surface area contributed by atoms with Gasteiger partial charge in [0.25, 0.3) is 0 Å². The van der Waals surface area contributed by atoms with Gasteiger partial charge in [0.1, 0.15) is 6.04 Å². The Bertz CT molecular complexity index is 599. The monoisotopic (exact) mass is 334 g/mol. The minimum Gasteiger partial charge on any atom is -0.454 e. The molecule has 6 nitrogen and oxygen atoms in total. The van der Waals surface area contributed by atoms with E-state index in [9.17, 15) is 9.59 Å². The van der Waals surface area contributed by atoms with Crippen molar-refractivity contribution in [3.63, 3.8) is 0 Å². The van der Waals surface area contributed by atoms with Gasteiger partial charge in [-0.25, -0.2) is 0 Å². The van der Waals surface area contributed by atoms with Crippen LogP contribution in [-0.2, 0) is 16.1 Å². The minimum absolute atomic E-state index is 0.0119. The van der Waals surface area contributed by atoms with Crippen molar-refractivity contribution >= 4 is 11.8 Å². The van der Waals surface area contributed by atoms with E-state index in [0.717, 1.165) is 5.56 Å². The van der Waals surface area contributed by atoms with Gasteiger partial charge in [0, 0.05) is 13.0 Å². The summed E-state index contributed by atoms with van der Waals surface area (Å²) < 4.78 is 10.6. The van der Waals surface area contributed by atoms with Gasteiger partial charge in [0.2, 0.25) is 18.6 Å². The molecular formula is C18H26N2O4. The Hall–Kier alpha value is -2.24. The SMILES string of the molecule is CC(C)CC(=O)N[C@@H](C(=O)NCc1ccc2c(c1)OCO2)C(C)C. The molecule has 0 aromatic heterocycles.